The van der Waals surface area contributed by atoms with Crippen molar-refractivity contribution in [2.75, 3.05) is 31.9 Å². The Morgan fingerprint density at radius 3 is 2.62 bits per heavy atom. The van der Waals surface area contributed by atoms with Gasteiger partial charge in [0.2, 0.25) is 15.9 Å². The number of carbonyl (C=O) groups is 1. The Bertz CT molecular complexity index is 549. The van der Waals surface area contributed by atoms with Gasteiger partial charge in [0.15, 0.2) is 0 Å². The Hall–Kier alpha value is -0.370. The summed E-state index contributed by atoms with van der Waals surface area (Å²) in [7, 11) is -3.10. The molecule has 0 spiro atoms. The second-order valence-electron chi connectivity index (χ2n) is 7.28. The lowest BCUT2D eigenvalue weighted by Gasteiger charge is -2.39. The van der Waals surface area contributed by atoms with Crippen molar-refractivity contribution in [2.24, 2.45) is 11.3 Å². The number of sulfonamides is 1. The smallest absolute Gasteiger partial charge is 0.228 e. The molecule has 2 saturated heterocycles. The zero-order chi connectivity index (χ0) is 16.5. The van der Waals surface area contributed by atoms with Crippen molar-refractivity contribution in [3.8, 4) is 0 Å². The maximum Gasteiger partial charge on any atom is 0.228 e. The van der Waals surface area contributed by atoms with Crippen molar-refractivity contribution in [3.63, 3.8) is 0 Å². The molecule has 6 nitrogen and oxygen atoms in total. The molecule has 0 radical (unpaired) electrons. The number of hydrogen-bond acceptors (Lipinski definition) is 4. The highest BCUT2D eigenvalue weighted by Gasteiger charge is 2.50. The van der Waals surface area contributed by atoms with Crippen LogP contribution < -0.4 is 10.6 Å². The number of piperidine rings is 1. The minimum absolute atomic E-state index is 0. The topological polar surface area (TPSA) is 78.5 Å². The van der Waals surface area contributed by atoms with Gasteiger partial charge in [-0.25, -0.2) is 12.7 Å². The van der Waals surface area contributed by atoms with Crippen LogP contribution >= 0.6 is 12.4 Å². The van der Waals surface area contributed by atoms with Crippen LogP contribution in [-0.4, -0.2) is 56.6 Å². The van der Waals surface area contributed by atoms with Crippen LogP contribution in [0.1, 0.15) is 45.4 Å². The lowest BCUT2D eigenvalue weighted by atomic mass is 9.67. The van der Waals surface area contributed by atoms with Gasteiger partial charge in [-0.1, -0.05) is 12.8 Å². The van der Waals surface area contributed by atoms with E-state index in [4.69, 9.17) is 0 Å². The lowest BCUT2D eigenvalue weighted by Crippen LogP contribution is -2.53. The van der Waals surface area contributed by atoms with E-state index in [1.165, 1.54) is 6.42 Å². The van der Waals surface area contributed by atoms with Crippen molar-refractivity contribution in [1.82, 2.24) is 14.9 Å². The number of nitrogens with one attached hydrogen (secondary N) is 2. The van der Waals surface area contributed by atoms with E-state index in [-0.39, 0.29) is 35.5 Å². The number of hydrogen-bond donors (Lipinski definition) is 2. The molecule has 3 rings (SSSR count). The van der Waals surface area contributed by atoms with Crippen LogP contribution in [0.15, 0.2) is 0 Å². The molecule has 0 aromatic rings. The highest BCUT2D eigenvalue weighted by molar-refractivity contribution is 7.89. The number of halogens is 1. The van der Waals surface area contributed by atoms with E-state index in [2.05, 4.69) is 10.6 Å². The highest BCUT2D eigenvalue weighted by atomic mass is 35.5. The molecule has 1 amide bonds. The van der Waals surface area contributed by atoms with Crippen LogP contribution in [0.2, 0.25) is 0 Å². The van der Waals surface area contributed by atoms with Crippen LogP contribution in [0.3, 0.4) is 0 Å². The molecule has 3 aliphatic rings. The van der Waals surface area contributed by atoms with Crippen molar-refractivity contribution in [3.05, 3.63) is 0 Å². The predicted octanol–water partition coefficient (Wildman–Crippen LogP) is 1.12. The minimum Gasteiger partial charge on any atom is -0.353 e. The molecule has 3 fully saturated rings. The first-order chi connectivity index (χ1) is 11.0. The molecule has 0 unspecified atom stereocenters. The summed E-state index contributed by atoms with van der Waals surface area (Å²) in [6.07, 6.45) is 5.94. The summed E-state index contributed by atoms with van der Waals surface area (Å²) in [4.78, 5) is 12.9. The highest BCUT2D eigenvalue weighted by Crippen LogP contribution is 2.44. The molecule has 8 heteroatoms. The molecule has 1 saturated carbocycles. The van der Waals surface area contributed by atoms with Gasteiger partial charge in [0.1, 0.15) is 0 Å². The molecule has 2 aliphatic heterocycles. The Morgan fingerprint density at radius 1 is 1.25 bits per heavy atom. The number of nitrogens with zero attached hydrogens (tertiary/aromatic N) is 1. The van der Waals surface area contributed by atoms with Crippen LogP contribution in [0.4, 0.5) is 0 Å². The maximum atomic E-state index is 12.9. The van der Waals surface area contributed by atoms with Gasteiger partial charge in [0.05, 0.1) is 11.2 Å². The summed E-state index contributed by atoms with van der Waals surface area (Å²) >= 11 is 0. The second kappa shape index (κ2) is 7.89. The van der Waals surface area contributed by atoms with E-state index in [9.17, 15) is 13.2 Å². The molecule has 2 atom stereocenters. The van der Waals surface area contributed by atoms with Crippen molar-refractivity contribution >= 4 is 28.3 Å². The Labute approximate surface area is 151 Å². The summed E-state index contributed by atoms with van der Waals surface area (Å²) in [5.41, 5.74) is -0.217. The van der Waals surface area contributed by atoms with Gasteiger partial charge in [-0.2, -0.15) is 0 Å². The van der Waals surface area contributed by atoms with Crippen LogP contribution in [0, 0.1) is 11.3 Å². The van der Waals surface area contributed by atoms with E-state index < -0.39 is 10.0 Å². The quantitative estimate of drug-likeness (QED) is 0.767. The monoisotopic (exact) mass is 379 g/mol. The standard InChI is InChI=1S/C16H29N3O3S.ClH/c1-2-23(21,22)19-9-6-14(7-10-19)18-15(20)16-8-4-3-5-13(16)11-17-12-16;/h13-14,17H,2-12H2,1H3,(H,18,20);1H/t13-,16+;/m0./s1. The zero-order valence-corrected chi connectivity index (χ0v) is 16.1. The minimum atomic E-state index is -3.10. The average molecular weight is 380 g/mol. The summed E-state index contributed by atoms with van der Waals surface area (Å²) < 4.78 is 25.4. The molecule has 24 heavy (non-hydrogen) atoms. The summed E-state index contributed by atoms with van der Waals surface area (Å²) in [5, 5.41) is 6.65. The first kappa shape index (κ1) is 19.9. The molecule has 2 N–H and O–H groups in total. The number of fused-ring (bicyclic) bond motifs is 1. The summed E-state index contributed by atoms with van der Waals surface area (Å²) in [5.74, 6) is 0.821. The van der Waals surface area contributed by atoms with Crippen molar-refractivity contribution < 1.29 is 13.2 Å². The van der Waals surface area contributed by atoms with Gasteiger partial charge in [0.25, 0.3) is 0 Å². The third-order valence-electron chi connectivity index (χ3n) is 6.04. The molecule has 140 valence electrons. The fourth-order valence-corrected chi connectivity index (χ4v) is 5.61. The largest absolute Gasteiger partial charge is 0.353 e. The molecule has 0 aromatic heterocycles. The van der Waals surface area contributed by atoms with E-state index in [0.717, 1.165) is 45.2 Å². The average Bonchev–Trinajstić information content (AvgIpc) is 3.00. The first-order valence-electron chi connectivity index (χ1n) is 8.97. The lowest BCUT2D eigenvalue weighted by molar-refractivity contribution is -0.135. The molecule has 2 heterocycles. The maximum absolute atomic E-state index is 12.9. The van der Waals surface area contributed by atoms with Gasteiger partial charge in [0, 0.05) is 25.7 Å². The van der Waals surface area contributed by atoms with Crippen molar-refractivity contribution in [1.29, 1.82) is 0 Å². The normalized spacial score (nSPS) is 32.0. The van der Waals surface area contributed by atoms with E-state index >= 15 is 0 Å². The number of amides is 1. The predicted molar refractivity (Wildman–Crippen MR) is 96.7 cm³/mol. The summed E-state index contributed by atoms with van der Waals surface area (Å²) in [6.45, 7) is 4.48. The SMILES string of the molecule is CCS(=O)(=O)N1CCC(NC(=O)[C@@]23CCCC[C@H]2CNC3)CC1.Cl. The summed E-state index contributed by atoms with van der Waals surface area (Å²) in [6, 6.07) is 0.114. The number of carbonyl (C=O) groups excluding carboxylic acids is 1. The Morgan fingerprint density at radius 2 is 1.96 bits per heavy atom. The van der Waals surface area contributed by atoms with Gasteiger partial charge < -0.3 is 10.6 Å². The van der Waals surface area contributed by atoms with Gasteiger partial charge >= 0.3 is 0 Å². The zero-order valence-electron chi connectivity index (χ0n) is 14.4. The molecule has 1 aliphatic carbocycles. The van der Waals surface area contributed by atoms with E-state index in [1.54, 1.807) is 11.2 Å². The molecule has 0 aromatic carbocycles. The van der Waals surface area contributed by atoms with Gasteiger partial charge in [-0.3, -0.25) is 4.79 Å². The fourth-order valence-electron chi connectivity index (χ4n) is 4.48. The molecular weight excluding hydrogens is 350 g/mol. The van der Waals surface area contributed by atoms with Crippen LogP contribution in [-0.2, 0) is 14.8 Å². The van der Waals surface area contributed by atoms with Crippen molar-refractivity contribution in [2.45, 2.75) is 51.5 Å². The third-order valence-corrected chi connectivity index (χ3v) is 7.92. The number of rotatable bonds is 4. The molecule has 0 bridgehead atoms. The molecular formula is C16H30ClN3O3S. The second-order valence-corrected chi connectivity index (χ2v) is 9.53. The van der Waals surface area contributed by atoms with Gasteiger partial charge in [-0.15, -0.1) is 12.4 Å². The fraction of sp³-hybridized carbons (Fsp3) is 0.938. The first-order valence-corrected chi connectivity index (χ1v) is 10.6. The van der Waals surface area contributed by atoms with E-state index in [1.807, 2.05) is 0 Å². The third kappa shape index (κ3) is 3.74. The van der Waals surface area contributed by atoms with Crippen LogP contribution in [0.5, 0.6) is 0 Å². The van der Waals surface area contributed by atoms with Gasteiger partial charge in [-0.05, 0) is 45.1 Å². The Balaban J connectivity index is 0.00000208. The van der Waals surface area contributed by atoms with Crippen LogP contribution in [0.25, 0.3) is 0 Å². The van der Waals surface area contributed by atoms with E-state index in [0.29, 0.717) is 19.0 Å². The Kier molecular flexibility index (Phi) is 6.56.